The Hall–Kier alpha value is -1.26. The van der Waals surface area contributed by atoms with E-state index < -0.39 is 0 Å². The number of nitrogens with one attached hydrogen (secondary N) is 1. The van der Waals surface area contributed by atoms with E-state index >= 15 is 0 Å². The molecule has 1 aliphatic rings. The zero-order valence-corrected chi connectivity index (χ0v) is 12.4. The Morgan fingerprint density at radius 2 is 1.90 bits per heavy atom. The Kier molecular flexibility index (Phi) is 5.26. The van der Waals surface area contributed by atoms with Gasteiger partial charge in [0.1, 0.15) is 0 Å². The highest BCUT2D eigenvalue weighted by Crippen LogP contribution is 2.32. The third kappa shape index (κ3) is 3.25. The maximum atomic E-state index is 9.73. The van der Waals surface area contributed by atoms with Crippen LogP contribution in [0.3, 0.4) is 0 Å². The molecule has 0 aliphatic heterocycles. The molecule has 2 N–H and O–H groups in total. The summed E-state index contributed by atoms with van der Waals surface area (Å²) in [6.45, 7) is 0.875. The lowest BCUT2D eigenvalue weighted by Crippen LogP contribution is -2.49. The van der Waals surface area contributed by atoms with Gasteiger partial charge < -0.3 is 19.9 Å². The Bertz CT molecular complexity index is 428. The molecular formula is C16H25NO3. The van der Waals surface area contributed by atoms with Gasteiger partial charge in [0.25, 0.3) is 0 Å². The van der Waals surface area contributed by atoms with E-state index in [1.165, 1.54) is 19.3 Å². The molecule has 4 nitrogen and oxygen atoms in total. The van der Waals surface area contributed by atoms with Crippen LogP contribution in [0.25, 0.3) is 0 Å². The van der Waals surface area contributed by atoms with Crippen LogP contribution in [-0.4, -0.2) is 31.5 Å². The van der Waals surface area contributed by atoms with Crippen LogP contribution in [0.5, 0.6) is 11.5 Å². The summed E-state index contributed by atoms with van der Waals surface area (Å²) in [4.78, 5) is 0. The van der Waals surface area contributed by atoms with Crippen molar-refractivity contribution in [2.24, 2.45) is 0 Å². The minimum absolute atomic E-state index is 0.133. The lowest BCUT2D eigenvalue weighted by Gasteiger charge is -2.37. The van der Waals surface area contributed by atoms with Crippen LogP contribution in [0, 0.1) is 0 Å². The van der Waals surface area contributed by atoms with Crippen molar-refractivity contribution in [2.45, 2.75) is 44.2 Å². The van der Waals surface area contributed by atoms with Crippen molar-refractivity contribution in [2.75, 3.05) is 20.8 Å². The molecule has 0 atom stereocenters. The Labute approximate surface area is 121 Å². The molecule has 112 valence electrons. The number of para-hydroxylation sites is 1. The molecule has 4 heteroatoms. The molecule has 20 heavy (non-hydrogen) atoms. The van der Waals surface area contributed by atoms with Crippen molar-refractivity contribution in [3.63, 3.8) is 0 Å². The first-order chi connectivity index (χ1) is 9.74. The third-order valence-corrected chi connectivity index (χ3v) is 4.25. The van der Waals surface area contributed by atoms with E-state index in [-0.39, 0.29) is 12.1 Å². The van der Waals surface area contributed by atoms with E-state index in [1.807, 2.05) is 18.2 Å². The highest BCUT2D eigenvalue weighted by atomic mass is 16.5. The van der Waals surface area contributed by atoms with Gasteiger partial charge in [-0.1, -0.05) is 31.4 Å². The van der Waals surface area contributed by atoms with Gasteiger partial charge >= 0.3 is 0 Å². The number of aliphatic hydroxyl groups is 1. The average Bonchev–Trinajstić information content (AvgIpc) is 2.53. The zero-order valence-electron chi connectivity index (χ0n) is 12.4. The summed E-state index contributed by atoms with van der Waals surface area (Å²) in [5.41, 5.74) is 0.928. The molecule has 0 aromatic heterocycles. The van der Waals surface area contributed by atoms with Crippen LogP contribution in [-0.2, 0) is 6.54 Å². The number of rotatable bonds is 6. The predicted octanol–water partition coefficient (Wildman–Crippen LogP) is 2.49. The Balaban J connectivity index is 2.09. The third-order valence-electron chi connectivity index (χ3n) is 4.25. The van der Waals surface area contributed by atoms with Crippen molar-refractivity contribution in [3.05, 3.63) is 23.8 Å². The number of ether oxygens (including phenoxy) is 2. The number of hydrogen-bond acceptors (Lipinski definition) is 4. The van der Waals surface area contributed by atoms with E-state index in [2.05, 4.69) is 5.32 Å². The van der Waals surface area contributed by atoms with Crippen molar-refractivity contribution < 1.29 is 14.6 Å². The van der Waals surface area contributed by atoms with Gasteiger partial charge in [-0.3, -0.25) is 0 Å². The molecule has 1 aromatic carbocycles. The first kappa shape index (κ1) is 15.1. The van der Waals surface area contributed by atoms with Crippen LogP contribution in [0.4, 0.5) is 0 Å². The average molecular weight is 279 g/mol. The summed E-state index contributed by atoms with van der Waals surface area (Å²) in [6.07, 6.45) is 5.71. The molecule has 0 unspecified atom stereocenters. The van der Waals surface area contributed by atoms with Gasteiger partial charge in [0.05, 0.1) is 20.8 Å². The maximum Gasteiger partial charge on any atom is 0.165 e. The summed E-state index contributed by atoms with van der Waals surface area (Å²) in [5, 5.41) is 13.3. The van der Waals surface area contributed by atoms with Crippen LogP contribution >= 0.6 is 0 Å². The highest BCUT2D eigenvalue weighted by Gasteiger charge is 2.30. The second kappa shape index (κ2) is 6.95. The lowest BCUT2D eigenvalue weighted by molar-refractivity contribution is 0.119. The number of aliphatic hydroxyl groups excluding tert-OH is 1. The standard InChI is InChI=1S/C16H25NO3/c1-19-14-8-6-7-13(15(14)20-2)11-17-16(12-18)9-4-3-5-10-16/h6-8,17-18H,3-5,9-12H2,1-2H3. The SMILES string of the molecule is COc1cccc(CNC2(CO)CCCCC2)c1OC. The quantitative estimate of drug-likeness (QED) is 0.840. The fraction of sp³-hybridized carbons (Fsp3) is 0.625. The summed E-state index contributed by atoms with van der Waals surface area (Å²) >= 11 is 0. The van der Waals surface area contributed by atoms with Crippen LogP contribution in [0.15, 0.2) is 18.2 Å². The summed E-state index contributed by atoms with van der Waals surface area (Å²) in [7, 11) is 3.30. The molecule has 0 heterocycles. The van der Waals surface area contributed by atoms with Gasteiger partial charge in [-0.2, -0.15) is 0 Å². The first-order valence-corrected chi connectivity index (χ1v) is 7.30. The van der Waals surface area contributed by atoms with E-state index in [0.717, 1.165) is 29.9 Å². The largest absolute Gasteiger partial charge is 0.493 e. The van der Waals surface area contributed by atoms with Crippen LogP contribution < -0.4 is 14.8 Å². The molecule has 0 amide bonds. The highest BCUT2D eigenvalue weighted by molar-refractivity contribution is 5.46. The summed E-state index contributed by atoms with van der Waals surface area (Å²) in [5.74, 6) is 1.51. The van der Waals surface area contributed by atoms with Gasteiger partial charge in [0.2, 0.25) is 0 Å². The molecule has 0 saturated heterocycles. The number of hydrogen-bond donors (Lipinski definition) is 2. The van der Waals surface area contributed by atoms with Crippen molar-refractivity contribution in [3.8, 4) is 11.5 Å². The molecule has 1 fully saturated rings. The normalized spacial score (nSPS) is 17.8. The van der Waals surface area contributed by atoms with Gasteiger partial charge in [-0.25, -0.2) is 0 Å². The number of methoxy groups -OCH3 is 2. The van der Waals surface area contributed by atoms with Gasteiger partial charge in [0.15, 0.2) is 11.5 Å². The Morgan fingerprint density at radius 3 is 2.50 bits per heavy atom. The van der Waals surface area contributed by atoms with Crippen LogP contribution in [0.1, 0.15) is 37.7 Å². The van der Waals surface area contributed by atoms with Gasteiger partial charge in [0, 0.05) is 17.6 Å². The fourth-order valence-electron chi connectivity index (χ4n) is 2.99. The first-order valence-electron chi connectivity index (χ1n) is 7.30. The molecule has 2 rings (SSSR count). The monoisotopic (exact) mass is 279 g/mol. The molecule has 0 bridgehead atoms. The van der Waals surface area contributed by atoms with Crippen molar-refractivity contribution in [1.82, 2.24) is 5.32 Å². The minimum atomic E-state index is -0.133. The van der Waals surface area contributed by atoms with Gasteiger partial charge in [-0.15, -0.1) is 0 Å². The van der Waals surface area contributed by atoms with E-state index in [4.69, 9.17) is 9.47 Å². The van der Waals surface area contributed by atoms with E-state index in [0.29, 0.717) is 6.54 Å². The molecule has 0 radical (unpaired) electrons. The minimum Gasteiger partial charge on any atom is -0.493 e. The number of benzene rings is 1. The van der Waals surface area contributed by atoms with E-state index in [1.54, 1.807) is 14.2 Å². The summed E-state index contributed by atoms with van der Waals surface area (Å²) in [6, 6.07) is 5.89. The smallest absolute Gasteiger partial charge is 0.165 e. The molecule has 1 saturated carbocycles. The molecule has 0 spiro atoms. The fourth-order valence-corrected chi connectivity index (χ4v) is 2.99. The van der Waals surface area contributed by atoms with E-state index in [9.17, 15) is 5.11 Å². The maximum absolute atomic E-state index is 9.73. The second-order valence-electron chi connectivity index (χ2n) is 5.51. The van der Waals surface area contributed by atoms with Crippen molar-refractivity contribution in [1.29, 1.82) is 0 Å². The van der Waals surface area contributed by atoms with Gasteiger partial charge in [-0.05, 0) is 18.9 Å². The Morgan fingerprint density at radius 1 is 1.15 bits per heavy atom. The van der Waals surface area contributed by atoms with Crippen LogP contribution in [0.2, 0.25) is 0 Å². The van der Waals surface area contributed by atoms with Crippen molar-refractivity contribution >= 4 is 0 Å². The molecular weight excluding hydrogens is 254 g/mol. The second-order valence-corrected chi connectivity index (χ2v) is 5.51. The lowest BCUT2D eigenvalue weighted by atomic mass is 9.82. The zero-order chi connectivity index (χ0) is 14.4. The summed E-state index contributed by atoms with van der Waals surface area (Å²) < 4.78 is 10.8. The molecule has 1 aliphatic carbocycles. The molecule has 1 aromatic rings. The topological polar surface area (TPSA) is 50.7 Å². The predicted molar refractivity (Wildman–Crippen MR) is 79.3 cm³/mol.